The van der Waals surface area contributed by atoms with Crippen molar-refractivity contribution in [1.82, 2.24) is 0 Å². The van der Waals surface area contributed by atoms with Gasteiger partial charge in [-0.15, -0.1) is 0 Å². The van der Waals surface area contributed by atoms with Crippen molar-refractivity contribution in [2.24, 2.45) is 5.73 Å². The van der Waals surface area contributed by atoms with Crippen molar-refractivity contribution in [3.63, 3.8) is 0 Å². The first-order chi connectivity index (χ1) is 9.97. The van der Waals surface area contributed by atoms with Gasteiger partial charge in [-0.1, -0.05) is 18.2 Å². The van der Waals surface area contributed by atoms with Gasteiger partial charge in [-0.25, -0.2) is 8.42 Å². The number of sulfonamides is 1. The Morgan fingerprint density at radius 3 is 2.52 bits per heavy atom. The molecule has 0 spiro atoms. The summed E-state index contributed by atoms with van der Waals surface area (Å²) in [6, 6.07) is 11.8. The first kappa shape index (κ1) is 15.3. The molecule has 3 N–H and O–H groups in total. The lowest BCUT2D eigenvalue weighted by Crippen LogP contribution is -2.16. The highest BCUT2D eigenvalue weighted by Crippen LogP contribution is 2.25. The summed E-state index contributed by atoms with van der Waals surface area (Å²) < 4.78 is 32.7. The van der Waals surface area contributed by atoms with Crippen molar-refractivity contribution >= 4 is 15.7 Å². The second-order valence-electron chi connectivity index (χ2n) is 4.60. The van der Waals surface area contributed by atoms with Crippen LogP contribution in [-0.4, -0.2) is 15.5 Å². The molecule has 5 nitrogen and oxygen atoms in total. The van der Waals surface area contributed by atoms with E-state index in [9.17, 15) is 8.42 Å². The maximum absolute atomic E-state index is 12.5. The van der Waals surface area contributed by atoms with E-state index in [1.165, 1.54) is 0 Å². The number of methoxy groups -OCH3 is 1. The quantitative estimate of drug-likeness (QED) is 0.888. The smallest absolute Gasteiger partial charge is 0.262 e. The number of anilines is 1. The molecule has 0 amide bonds. The summed E-state index contributed by atoms with van der Waals surface area (Å²) in [5, 5.41) is 0. The summed E-state index contributed by atoms with van der Waals surface area (Å²) in [5.74, 6) is 0.679. The molecule has 21 heavy (non-hydrogen) atoms. The van der Waals surface area contributed by atoms with Crippen molar-refractivity contribution in [3.05, 3.63) is 53.6 Å². The van der Waals surface area contributed by atoms with Crippen LogP contribution in [0.3, 0.4) is 0 Å². The lowest BCUT2D eigenvalue weighted by atomic mass is 10.2. The highest BCUT2D eigenvalue weighted by atomic mass is 32.2. The minimum atomic E-state index is -3.67. The summed E-state index contributed by atoms with van der Waals surface area (Å²) >= 11 is 0. The molecule has 6 heteroatoms. The third-order valence-electron chi connectivity index (χ3n) is 3.16. The van der Waals surface area contributed by atoms with Crippen LogP contribution in [0.2, 0.25) is 0 Å². The van der Waals surface area contributed by atoms with Gasteiger partial charge < -0.3 is 10.5 Å². The fraction of sp³-hybridized carbons (Fsp3) is 0.200. The molecule has 0 aliphatic rings. The topological polar surface area (TPSA) is 81.4 Å². The van der Waals surface area contributed by atoms with Gasteiger partial charge in [0, 0.05) is 6.54 Å². The number of nitrogens with one attached hydrogen (secondary N) is 1. The highest BCUT2D eigenvalue weighted by molar-refractivity contribution is 7.92. The Kier molecular flexibility index (Phi) is 4.50. The van der Waals surface area contributed by atoms with Crippen LogP contribution in [0.5, 0.6) is 5.75 Å². The van der Waals surface area contributed by atoms with Crippen LogP contribution in [0.15, 0.2) is 47.4 Å². The molecule has 0 fully saturated rings. The molecule has 0 heterocycles. The zero-order chi connectivity index (χ0) is 15.5. The summed E-state index contributed by atoms with van der Waals surface area (Å²) in [6.45, 7) is 1.98. The Balaban J connectivity index is 2.38. The number of aryl methyl sites for hydroxylation is 1. The fourth-order valence-corrected chi connectivity index (χ4v) is 3.39. The van der Waals surface area contributed by atoms with Crippen LogP contribution in [0.25, 0.3) is 0 Å². The molecule has 2 aromatic rings. The maximum atomic E-state index is 12.5. The Morgan fingerprint density at radius 2 is 1.90 bits per heavy atom. The van der Waals surface area contributed by atoms with E-state index in [0.29, 0.717) is 17.0 Å². The van der Waals surface area contributed by atoms with Crippen LogP contribution in [0.4, 0.5) is 5.69 Å². The van der Waals surface area contributed by atoms with Crippen molar-refractivity contribution in [1.29, 1.82) is 0 Å². The molecule has 0 unspecified atom stereocenters. The SMILES string of the molecule is COc1ccc(NS(=O)(=O)c2ccccc2CN)c(C)c1. The van der Waals surface area contributed by atoms with Crippen LogP contribution in [-0.2, 0) is 16.6 Å². The predicted octanol–water partition coefficient (Wildman–Crippen LogP) is 2.26. The zero-order valence-electron chi connectivity index (χ0n) is 12.0. The van der Waals surface area contributed by atoms with Crippen LogP contribution >= 0.6 is 0 Å². The molecule has 0 radical (unpaired) electrons. The van der Waals surface area contributed by atoms with Crippen molar-refractivity contribution < 1.29 is 13.2 Å². The van der Waals surface area contributed by atoms with Gasteiger partial charge in [0.25, 0.3) is 10.0 Å². The van der Waals surface area contributed by atoms with E-state index < -0.39 is 10.0 Å². The molecule has 0 aromatic heterocycles. The fourth-order valence-electron chi connectivity index (χ4n) is 2.01. The molecule has 0 aliphatic heterocycles. The minimum absolute atomic E-state index is 0.165. The molecule has 112 valence electrons. The number of benzene rings is 2. The summed E-state index contributed by atoms with van der Waals surface area (Å²) in [6.07, 6.45) is 0. The van der Waals surface area contributed by atoms with E-state index in [-0.39, 0.29) is 11.4 Å². The Morgan fingerprint density at radius 1 is 1.19 bits per heavy atom. The zero-order valence-corrected chi connectivity index (χ0v) is 12.8. The molecule has 0 bridgehead atoms. The van der Waals surface area contributed by atoms with E-state index in [4.69, 9.17) is 10.5 Å². The van der Waals surface area contributed by atoms with Gasteiger partial charge in [0.05, 0.1) is 17.7 Å². The van der Waals surface area contributed by atoms with Crippen molar-refractivity contribution in [3.8, 4) is 5.75 Å². The van der Waals surface area contributed by atoms with Gasteiger partial charge in [0.1, 0.15) is 5.75 Å². The summed E-state index contributed by atoms with van der Waals surface area (Å²) in [4.78, 5) is 0.197. The average Bonchev–Trinajstić information content (AvgIpc) is 2.49. The van der Waals surface area contributed by atoms with Gasteiger partial charge in [0.2, 0.25) is 0 Å². The minimum Gasteiger partial charge on any atom is -0.497 e. The van der Waals surface area contributed by atoms with Crippen LogP contribution in [0, 0.1) is 6.92 Å². The molecular formula is C15H18N2O3S. The highest BCUT2D eigenvalue weighted by Gasteiger charge is 2.18. The van der Waals surface area contributed by atoms with Gasteiger partial charge in [-0.05, 0) is 42.3 Å². The number of nitrogens with two attached hydrogens (primary N) is 1. The second-order valence-corrected chi connectivity index (χ2v) is 6.25. The molecule has 0 aliphatic carbocycles. The van der Waals surface area contributed by atoms with E-state index in [0.717, 1.165) is 5.56 Å². The van der Waals surface area contributed by atoms with Gasteiger partial charge in [-0.3, -0.25) is 4.72 Å². The third kappa shape index (κ3) is 3.34. The number of hydrogen-bond acceptors (Lipinski definition) is 4. The number of ether oxygens (including phenoxy) is 1. The van der Waals surface area contributed by atoms with Crippen molar-refractivity contribution in [2.75, 3.05) is 11.8 Å². The lowest BCUT2D eigenvalue weighted by Gasteiger charge is -2.13. The number of hydrogen-bond donors (Lipinski definition) is 2. The van der Waals surface area contributed by atoms with Gasteiger partial charge >= 0.3 is 0 Å². The third-order valence-corrected chi connectivity index (χ3v) is 4.63. The van der Waals surface area contributed by atoms with Gasteiger partial charge in [-0.2, -0.15) is 0 Å². The molecule has 0 atom stereocenters. The predicted molar refractivity (Wildman–Crippen MR) is 82.9 cm³/mol. The first-order valence-corrected chi connectivity index (χ1v) is 7.91. The molecule has 0 saturated heterocycles. The molecule has 2 aromatic carbocycles. The summed E-state index contributed by atoms with van der Waals surface area (Å²) in [7, 11) is -2.10. The normalized spacial score (nSPS) is 11.2. The summed E-state index contributed by atoms with van der Waals surface area (Å²) in [5.41, 5.74) is 7.48. The lowest BCUT2D eigenvalue weighted by molar-refractivity contribution is 0.414. The van der Waals surface area contributed by atoms with Crippen LogP contribution < -0.4 is 15.2 Å². The Bertz CT molecular complexity index is 742. The standard InChI is InChI=1S/C15H18N2O3S/c1-11-9-13(20-2)7-8-14(11)17-21(18,19)15-6-4-3-5-12(15)10-16/h3-9,17H,10,16H2,1-2H3. The Labute approximate surface area is 124 Å². The largest absolute Gasteiger partial charge is 0.497 e. The van der Waals surface area contributed by atoms with E-state index in [1.54, 1.807) is 49.6 Å². The van der Waals surface area contributed by atoms with E-state index >= 15 is 0 Å². The average molecular weight is 306 g/mol. The second kappa shape index (κ2) is 6.15. The monoisotopic (exact) mass is 306 g/mol. The van der Waals surface area contributed by atoms with Crippen molar-refractivity contribution in [2.45, 2.75) is 18.4 Å². The number of rotatable bonds is 5. The molecule has 0 saturated carbocycles. The van der Waals surface area contributed by atoms with Crippen LogP contribution in [0.1, 0.15) is 11.1 Å². The maximum Gasteiger partial charge on any atom is 0.262 e. The molecule has 2 rings (SSSR count). The van der Waals surface area contributed by atoms with E-state index in [2.05, 4.69) is 4.72 Å². The first-order valence-electron chi connectivity index (χ1n) is 6.43. The molecular weight excluding hydrogens is 288 g/mol. The Hall–Kier alpha value is -2.05. The van der Waals surface area contributed by atoms with E-state index in [1.807, 2.05) is 6.92 Å². The van der Waals surface area contributed by atoms with Gasteiger partial charge in [0.15, 0.2) is 0 Å².